The van der Waals surface area contributed by atoms with Gasteiger partial charge in [0, 0.05) is 25.1 Å². The highest BCUT2D eigenvalue weighted by molar-refractivity contribution is 7.08. The summed E-state index contributed by atoms with van der Waals surface area (Å²) in [5.74, 6) is 0.629. The number of halogens is 1. The Labute approximate surface area is 116 Å². The number of hydrogen-bond acceptors (Lipinski definition) is 3. The molecule has 2 aromatic rings. The number of fused-ring (bicyclic) bond motifs is 1. The lowest BCUT2D eigenvalue weighted by atomic mass is 10.1. The lowest BCUT2D eigenvalue weighted by Gasteiger charge is -2.11. The SMILES string of the molecule is Cc1cscc1CNCC1Cc2cc(F)ccc2O1. The highest BCUT2D eigenvalue weighted by Crippen LogP contribution is 2.29. The predicted molar refractivity (Wildman–Crippen MR) is 75.3 cm³/mol. The Morgan fingerprint density at radius 3 is 3.11 bits per heavy atom. The molecule has 1 aliphatic heterocycles. The van der Waals surface area contributed by atoms with Crippen LogP contribution in [0.3, 0.4) is 0 Å². The molecule has 1 unspecified atom stereocenters. The molecule has 0 saturated carbocycles. The molecule has 2 nitrogen and oxygen atoms in total. The maximum atomic E-state index is 13.1. The van der Waals surface area contributed by atoms with Gasteiger partial charge < -0.3 is 10.1 Å². The maximum Gasteiger partial charge on any atom is 0.123 e. The molecule has 0 aliphatic carbocycles. The molecule has 4 heteroatoms. The quantitative estimate of drug-likeness (QED) is 0.926. The van der Waals surface area contributed by atoms with Crippen LogP contribution in [0.2, 0.25) is 0 Å². The van der Waals surface area contributed by atoms with Crippen LogP contribution >= 0.6 is 11.3 Å². The molecule has 1 N–H and O–H groups in total. The molecule has 0 radical (unpaired) electrons. The molecule has 0 spiro atoms. The summed E-state index contributed by atoms with van der Waals surface area (Å²) in [6.07, 6.45) is 0.888. The summed E-state index contributed by atoms with van der Waals surface area (Å²) in [6.45, 7) is 3.77. The third-order valence-electron chi connectivity index (χ3n) is 3.41. The standard InChI is InChI=1S/C15H16FNOS/c1-10-8-19-9-12(10)6-17-7-14-5-11-4-13(16)2-3-15(11)18-14/h2-4,8-9,14,17H,5-7H2,1H3. The third-order valence-corrected chi connectivity index (χ3v) is 4.32. The highest BCUT2D eigenvalue weighted by Gasteiger charge is 2.22. The van der Waals surface area contributed by atoms with E-state index in [1.54, 1.807) is 23.5 Å². The molecule has 0 bridgehead atoms. The van der Waals surface area contributed by atoms with E-state index in [1.165, 1.54) is 17.2 Å². The van der Waals surface area contributed by atoms with Crippen molar-refractivity contribution in [1.29, 1.82) is 0 Å². The summed E-state index contributed by atoms with van der Waals surface area (Å²) in [5, 5.41) is 7.73. The number of benzene rings is 1. The van der Waals surface area contributed by atoms with E-state index in [-0.39, 0.29) is 11.9 Å². The van der Waals surface area contributed by atoms with Gasteiger partial charge in [-0.1, -0.05) is 0 Å². The number of aryl methyl sites for hydroxylation is 1. The molecule has 1 aliphatic rings. The molecule has 0 fully saturated rings. The van der Waals surface area contributed by atoms with Crippen molar-refractivity contribution in [3.63, 3.8) is 0 Å². The summed E-state index contributed by atoms with van der Waals surface area (Å²) < 4.78 is 18.9. The fourth-order valence-electron chi connectivity index (χ4n) is 2.34. The van der Waals surface area contributed by atoms with Crippen LogP contribution in [0.25, 0.3) is 0 Å². The maximum absolute atomic E-state index is 13.1. The van der Waals surface area contributed by atoms with Gasteiger partial charge in [-0.05, 0) is 47.0 Å². The first-order valence-electron chi connectivity index (χ1n) is 6.40. The summed E-state index contributed by atoms with van der Waals surface area (Å²) in [7, 11) is 0. The summed E-state index contributed by atoms with van der Waals surface area (Å²) in [5.41, 5.74) is 3.64. The molecule has 0 amide bonds. The smallest absolute Gasteiger partial charge is 0.123 e. The van der Waals surface area contributed by atoms with Crippen molar-refractivity contribution < 1.29 is 9.13 Å². The Kier molecular flexibility index (Phi) is 3.53. The zero-order valence-corrected chi connectivity index (χ0v) is 11.6. The molecule has 0 saturated heterocycles. The monoisotopic (exact) mass is 277 g/mol. The van der Waals surface area contributed by atoms with Crippen molar-refractivity contribution in [2.45, 2.75) is 26.0 Å². The van der Waals surface area contributed by atoms with Crippen molar-refractivity contribution in [2.24, 2.45) is 0 Å². The lowest BCUT2D eigenvalue weighted by molar-refractivity contribution is 0.227. The van der Waals surface area contributed by atoms with E-state index in [9.17, 15) is 4.39 Å². The fraction of sp³-hybridized carbons (Fsp3) is 0.333. The minimum atomic E-state index is -0.190. The molecule has 1 atom stereocenters. The van der Waals surface area contributed by atoms with Crippen LogP contribution in [0, 0.1) is 12.7 Å². The summed E-state index contributed by atoms with van der Waals surface area (Å²) >= 11 is 1.73. The number of nitrogens with one attached hydrogen (secondary N) is 1. The number of ether oxygens (including phenoxy) is 1. The average molecular weight is 277 g/mol. The van der Waals surface area contributed by atoms with E-state index < -0.39 is 0 Å². The van der Waals surface area contributed by atoms with Crippen LogP contribution in [0.1, 0.15) is 16.7 Å². The zero-order valence-electron chi connectivity index (χ0n) is 10.8. The van der Waals surface area contributed by atoms with Crippen molar-refractivity contribution in [3.05, 3.63) is 51.5 Å². The fourth-order valence-corrected chi connectivity index (χ4v) is 3.20. The Bertz CT molecular complexity index is 581. The van der Waals surface area contributed by atoms with Gasteiger partial charge in [-0.3, -0.25) is 0 Å². The zero-order chi connectivity index (χ0) is 13.2. The Hall–Kier alpha value is -1.39. The van der Waals surface area contributed by atoms with Gasteiger partial charge in [-0.15, -0.1) is 0 Å². The lowest BCUT2D eigenvalue weighted by Crippen LogP contribution is -2.29. The van der Waals surface area contributed by atoms with E-state index in [0.717, 1.165) is 30.8 Å². The minimum Gasteiger partial charge on any atom is -0.488 e. The van der Waals surface area contributed by atoms with Crippen LogP contribution in [0.5, 0.6) is 5.75 Å². The molecule has 2 heterocycles. The van der Waals surface area contributed by atoms with Gasteiger partial charge in [0.15, 0.2) is 0 Å². The molecule has 100 valence electrons. The van der Waals surface area contributed by atoms with Crippen LogP contribution < -0.4 is 10.1 Å². The van der Waals surface area contributed by atoms with Crippen molar-refractivity contribution >= 4 is 11.3 Å². The number of rotatable bonds is 4. The normalized spacial score (nSPS) is 17.3. The minimum absolute atomic E-state index is 0.107. The first-order chi connectivity index (χ1) is 9.22. The van der Waals surface area contributed by atoms with E-state index in [0.29, 0.717) is 0 Å². The second-order valence-electron chi connectivity index (χ2n) is 4.91. The highest BCUT2D eigenvalue weighted by atomic mass is 32.1. The van der Waals surface area contributed by atoms with Crippen molar-refractivity contribution in [3.8, 4) is 5.75 Å². The van der Waals surface area contributed by atoms with Gasteiger partial charge in [0.25, 0.3) is 0 Å². The Morgan fingerprint density at radius 1 is 1.42 bits per heavy atom. The molecule has 1 aromatic carbocycles. The topological polar surface area (TPSA) is 21.3 Å². The largest absolute Gasteiger partial charge is 0.488 e. The number of thiophene rings is 1. The number of hydrogen-bond donors (Lipinski definition) is 1. The first-order valence-corrected chi connectivity index (χ1v) is 7.34. The van der Waals surface area contributed by atoms with Gasteiger partial charge in [-0.2, -0.15) is 11.3 Å². The van der Waals surface area contributed by atoms with E-state index in [1.807, 2.05) is 0 Å². The predicted octanol–water partition coefficient (Wildman–Crippen LogP) is 3.29. The second kappa shape index (κ2) is 5.31. The van der Waals surface area contributed by atoms with Crippen molar-refractivity contribution in [1.82, 2.24) is 5.32 Å². The van der Waals surface area contributed by atoms with Crippen LogP contribution in [0.15, 0.2) is 29.0 Å². The molecule has 3 rings (SSSR count). The van der Waals surface area contributed by atoms with Gasteiger partial charge in [-0.25, -0.2) is 4.39 Å². The van der Waals surface area contributed by atoms with Gasteiger partial charge >= 0.3 is 0 Å². The van der Waals surface area contributed by atoms with Crippen molar-refractivity contribution in [2.75, 3.05) is 6.54 Å². The van der Waals surface area contributed by atoms with Crippen LogP contribution in [-0.2, 0) is 13.0 Å². The Morgan fingerprint density at radius 2 is 2.32 bits per heavy atom. The van der Waals surface area contributed by atoms with Crippen LogP contribution in [-0.4, -0.2) is 12.6 Å². The molecule has 19 heavy (non-hydrogen) atoms. The van der Waals surface area contributed by atoms with E-state index in [4.69, 9.17) is 4.74 Å². The van der Waals surface area contributed by atoms with Gasteiger partial charge in [0.05, 0.1) is 0 Å². The van der Waals surface area contributed by atoms with Gasteiger partial charge in [0.2, 0.25) is 0 Å². The molecule has 1 aromatic heterocycles. The van der Waals surface area contributed by atoms with E-state index in [2.05, 4.69) is 23.0 Å². The van der Waals surface area contributed by atoms with Gasteiger partial charge in [0.1, 0.15) is 17.7 Å². The van der Waals surface area contributed by atoms with E-state index >= 15 is 0 Å². The summed E-state index contributed by atoms with van der Waals surface area (Å²) in [6, 6.07) is 4.73. The van der Waals surface area contributed by atoms with Crippen LogP contribution in [0.4, 0.5) is 4.39 Å². The molecular weight excluding hydrogens is 261 g/mol. The Balaban J connectivity index is 1.52. The summed E-state index contributed by atoms with van der Waals surface area (Å²) in [4.78, 5) is 0. The second-order valence-corrected chi connectivity index (χ2v) is 5.65. The average Bonchev–Trinajstić information content (AvgIpc) is 2.95. The first kappa shape index (κ1) is 12.6. The third kappa shape index (κ3) is 2.80. The molecular formula is C15H16FNOS.